The molecule has 0 unspecified atom stereocenters. The van der Waals surface area contributed by atoms with Crippen LogP contribution in [0.2, 0.25) is 0 Å². The number of hydrogen-bond acceptors (Lipinski definition) is 1. The third-order valence-electron chi connectivity index (χ3n) is 4.05. The molecule has 0 bridgehead atoms. The Morgan fingerprint density at radius 3 is 1.29 bits per heavy atom. The Hall–Kier alpha value is -2.69. The zero-order valence-electron chi connectivity index (χ0n) is 15.9. The summed E-state index contributed by atoms with van der Waals surface area (Å²) >= 11 is 0. The molecule has 0 aliphatic carbocycles. The maximum Gasteiger partial charge on any atom is 0.449 e. The van der Waals surface area contributed by atoms with E-state index in [1.165, 1.54) is 0 Å². The van der Waals surface area contributed by atoms with Crippen LogP contribution in [-0.4, -0.2) is 42.2 Å². The molecule has 0 saturated heterocycles. The van der Waals surface area contributed by atoms with Gasteiger partial charge in [-0.15, -0.1) is 0 Å². The van der Waals surface area contributed by atoms with Crippen molar-refractivity contribution in [3.63, 3.8) is 0 Å². The van der Waals surface area contributed by atoms with Crippen LogP contribution < -0.4 is 4.74 Å². The van der Waals surface area contributed by atoms with Crippen molar-refractivity contribution in [2.75, 3.05) is 0 Å². The van der Waals surface area contributed by atoms with Crippen LogP contribution in [0.3, 0.4) is 0 Å². The topological polar surface area (TPSA) is 9.23 Å². The van der Waals surface area contributed by atoms with E-state index in [4.69, 9.17) is 0 Å². The highest BCUT2D eigenvalue weighted by Crippen LogP contribution is 2.63. The monoisotopic (exact) mass is 550 g/mol. The van der Waals surface area contributed by atoms with Crippen molar-refractivity contribution in [1.82, 2.24) is 0 Å². The molecule has 18 heteroatoms. The second-order valence-electron chi connectivity index (χ2n) is 6.39. The van der Waals surface area contributed by atoms with E-state index in [2.05, 4.69) is 11.3 Å². The molecular formula is C17H7F17O. The number of alkyl halides is 17. The number of ether oxygens (including phenoxy) is 1. The Labute approximate surface area is 182 Å². The van der Waals surface area contributed by atoms with Gasteiger partial charge in [0, 0.05) is 0 Å². The van der Waals surface area contributed by atoms with Crippen LogP contribution in [0.5, 0.6) is 5.75 Å². The Morgan fingerprint density at radius 1 is 0.629 bits per heavy atom. The molecule has 0 heterocycles. The maximum atomic E-state index is 14.5. The van der Waals surface area contributed by atoms with Crippen LogP contribution in [0.4, 0.5) is 74.6 Å². The van der Waals surface area contributed by atoms with Gasteiger partial charge in [-0.05, 0) is 17.7 Å². The summed E-state index contributed by atoms with van der Waals surface area (Å²) in [7, 11) is 0. The zero-order valence-corrected chi connectivity index (χ0v) is 15.9. The summed E-state index contributed by atoms with van der Waals surface area (Å²) in [6.45, 7) is 3.04. The SMILES string of the molecule is C=Cc1cccc(OC(=C(C(F)(C(F)(F)F)C(F)(F)F)C(F)(C(F)(F)F)C(F)(F)F)C(F)(F)F)c1. The molecular weight excluding hydrogens is 543 g/mol. The molecule has 0 aromatic heterocycles. The molecule has 0 radical (unpaired) electrons. The predicted octanol–water partition coefficient (Wildman–Crippen LogP) is 8.19. The van der Waals surface area contributed by atoms with Crippen molar-refractivity contribution in [2.45, 2.75) is 42.2 Å². The van der Waals surface area contributed by atoms with Gasteiger partial charge in [-0.1, -0.05) is 24.8 Å². The lowest BCUT2D eigenvalue weighted by Gasteiger charge is -2.41. The molecule has 0 aliphatic heterocycles. The Bertz CT molecular complexity index is 887. The Balaban J connectivity index is 4.52. The smallest absolute Gasteiger partial charge is 0.449 e. The van der Waals surface area contributed by atoms with Gasteiger partial charge in [0.1, 0.15) is 5.75 Å². The van der Waals surface area contributed by atoms with Gasteiger partial charge in [0.2, 0.25) is 5.76 Å². The molecule has 0 spiro atoms. The van der Waals surface area contributed by atoms with Gasteiger partial charge in [-0.3, -0.25) is 0 Å². The average molecular weight is 550 g/mol. The van der Waals surface area contributed by atoms with Gasteiger partial charge < -0.3 is 4.74 Å². The van der Waals surface area contributed by atoms with Crippen LogP contribution >= 0.6 is 0 Å². The first kappa shape index (κ1) is 30.3. The van der Waals surface area contributed by atoms with E-state index in [9.17, 15) is 74.6 Å². The number of halogens is 17. The zero-order chi connectivity index (χ0) is 28.1. The summed E-state index contributed by atoms with van der Waals surface area (Å²) < 4.78 is 230. The fraction of sp³-hybridized carbons (Fsp3) is 0.412. The molecule has 1 aromatic carbocycles. The molecule has 35 heavy (non-hydrogen) atoms. The summed E-state index contributed by atoms with van der Waals surface area (Å²) in [6, 6.07) is 1.98. The first-order chi connectivity index (χ1) is 15.3. The molecule has 1 rings (SSSR count). The van der Waals surface area contributed by atoms with E-state index in [0.717, 1.165) is 12.1 Å². The fourth-order valence-corrected chi connectivity index (χ4v) is 2.51. The highest BCUT2D eigenvalue weighted by atomic mass is 19.4. The number of hydrogen-bond donors (Lipinski definition) is 0. The molecule has 1 nitrogen and oxygen atoms in total. The molecule has 0 atom stereocenters. The van der Waals surface area contributed by atoms with Crippen molar-refractivity contribution in [1.29, 1.82) is 0 Å². The Kier molecular flexibility index (Phi) is 7.59. The number of rotatable bonds is 5. The summed E-state index contributed by atoms with van der Waals surface area (Å²) in [5, 5.41) is 0. The summed E-state index contributed by atoms with van der Waals surface area (Å²) in [4.78, 5) is 0. The van der Waals surface area contributed by atoms with E-state index in [1.54, 1.807) is 0 Å². The highest BCUT2D eigenvalue weighted by molar-refractivity contribution is 5.50. The lowest BCUT2D eigenvalue weighted by Crippen LogP contribution is -2.67. The normalized spacial score (nSPS) is 14.5. The predicted molar refractivity (Wildman–Crippen MR) is 82.1 cm³/mol. The van der Waals surface area contributed by atoms with Gasteiger partial charge in [0.15, 0.2) is 0 Å². The Morgan fingerprint density at radius 2 is 1.00 bits per heavy atom. The van der Waals surface area contributed by atoms with Gasteiger partial charge >= 0.3 is 42.2 Å². The highest BCUT2D eigenvalue weighted by Gasteiger charge is 2.88. The maximum absolute atomic E-state index is 14.5. The van der Waals surface area contributed by atoms with Crippen LogP contribution in [0.1, 0.15) is 5.56 Å². The summed E-state index contributed by atoms with van der Waals surface area (Å²) in [5.41, 5.74) is -22.3. The molecule has 1 aromatic rings. The van der Waals surface area contributed by atoms with Crippen molar-refractivity contribution in [2.24, 2.45) is 0 Å². The molecule has 0 saturated carbocycles. The minimum atomic E-state index is -8.21. The second-order valence-corrected chi connectivity index (χ2v) is 6.39. The third-order valence-corrected chi connectivity index (χ3v) is 4.05. The van der Waals surface area contributed by atoms with Gasteiger partial charge in [-0.25, -0.2) is 8.78 Å². The molecule has 0 fully saturated rings. The van der Waals surface area contributed by atoms with E-state index in [0.29, 0.717) is 6.07 Å². The van der Waals surface area contributed by atoms with Gasteiger partial charge in [0.05, 0.1) is 5.57 Å². The minimum absolute atomic E-state index is 0.207. The summed E-state index contributed by atoms with van der Waals surface area (Å²) in [5.74, 6) is -6.18. The largest absolute Gasteiger partial charge is 0.452 e. The first-order valence-corrected chi connectivity index (χ1v) is 8.14. The van der Waals surface area contributed by atoms with E-state index in [-0.39, 0.29) is 17.7 Å². The van der Waals surface area contributed by atoms with Crippen LogP contribution in [0, 0.1) is 0 Å². The quantitative estimate of drug-likeness (QED) is 0.266. The van der Waals surface area contributed by atoms with Crippen LogP contribution in [0.25, 0.3) is 6.08 Å². The number of benzene rings is 1. The first-order valence-electron chi connectivity index (χ1n) is 8.14. The lowest BCUT2D eigenvalue weighted by molar-refractivity contribution is -0.365. The molecule has 0 N–H and O–H groups in total. The molecule has 0 amide bonds. The lowest BCUT2D eigenvalue weighted by atomic mass is 9.79. The van der Waals surface area contributed by atoms with Crippen molar-refractivity contribution in [3.8, 4) is 5.75 Å². The van der Waals surface area contributed by atoms with Crippen LogP contribution in [-0.2, 0) is 0 Å². The third kappa shape index (κ3) is 5.29. The second kappa shape index (κ2) is 8.76. The van der Waals surface area contributed by atoms with Gasteiger partial charge in [-0.2, -0.15) is 65.9 Å². The summed E-state index contributed by atoms with van der Waals surface area (Å²) in [6.07, 6.45) is -38.6. The van der Waals surface area contributed by atoms with Gasteiger partial charge in [0.25, 0.3) is 0 Å². The minimum Gasteiger partial charge on any atom is -0.452 e. The average Bonchev–Trinajstić information content (AvgIpc) is 2.62. The number of allylic oxidation sites excluding steroid dienone is 2. The van der Waals surface area contributed by atoms with Crippen LogP contribution in [0.15, 0.2) is 42.2 Å². The molecule has 200 valence electrons. The van der Waals surface area contributed by atoms with Crippen molar-refractivity contribution >= 4 is 6.08 Å². The van der Waals surface area contributed by atoms with E-state index < -0.39 is 59.3 Å². The standard InChI is InChI=1S/C17H7F17O/c1-2-7-4-3-5-8(6-7)35-10(13(20,21)22)9(11(18,14(23,24)25)15(26,27)28)12(19,16(29,30)31)17(32,33)34/h2-6H,1H2. The van der Waals surface area contributed by atoms with E-state index in [1.807, 2.05) is 0 Å². The van der Waals surface area contributed by atoms with Crippen molar-refractivity contribution in [3.05, 3.63) is 47.7 Å². The molecule has 0 aliphatic rings. The fourth-order valence-electron chi connectivity index (χ4n) is 2.51. The van der Waals surface area contributed by atoms with E-state index >= 15 is 0 Å². The van der Waals surface area contributed by atoms with Crippen molar-refractivity contribution < 1.29 is 79.4 Å².